The molecule has 90 valence electrons. The molecule has 4 heteroatoms. The molecule has 2 rings (SSSR count). The van der Waals surface area contributed by atoms with Gasteiger partial charge in [0.1, 0.15) is 0 Å². The van der Waals surface area contributed by atoms with E-state index >= 15 is 0 Å². The maximum atomic E-state index is 11.9. The second-order valence-corrected chi connectivity index (χ2v) is 5.51. The fourth-order valence-electron chi connectivity index (χ4n) is 1.59. The van der Waals surface area contributed by atoms with Crippen molar-refractivity contribution in [3.05, 3.63) is 51.4 Å². The minimum atomic E-state index is -0.0804. The summed E-state index contributed by atoms with van der Waals surface area (Å²) in [7, 11) is 0. The Bertz CT molecular complexity index is 590. The number of benzene rings is 1. The largest absolute Gasteiger partial charge is 0.294 e. The molecule has 0 aliphatic rings. The molecule has 1 N–H and O–H groups in total. The van der Waals surface area contributed by atoms with E-state index in [0.717, 1.165) is 11.4 Å². The Hall–Kier alpha value is -1.48. The third kappa shape index (κ3) is 2.44. The number of aromatic amines is 1. The van der Waals surface area contributed by atoms with E-state index in [1.165, 1.54) is 4.68 Å². The van der Waals surface area contributed by atoms with Gasteiger partial charge in [0.15, 0.2) is 0 Å². The SMILES string of the molecule is CC(C)(C)c1cc(=O)n(-c2cccc(Cl)c2)[nH]1. The Balaban J connectivity index is 2.54. The van der Waals surface area contributed by atoms with Gasteiger partial charge in [-0.2, -0.15) is 0 Å². The summed E-state index contributed by atoms with van der Waals surface area (Å²) >= 11 is 5.91. The summed E-state index contributed by atoms with van der Waals surface area (Å²) in [5, 5.41) is 3.72. The van der Waals surface area contributed by atoms with Crippen LogP contribution in [0.5, 0.6) is 0 Å². The lowest BCUT2D eigenvalue weighted by Gasteiger charge is -2.15. The summed E-state index contributed by atoms with van der Waals surface area (Å²) in [6.07, 6.45) is 0. The first-order valence-corrected chi connectivity index (χ1v) is 5.84. The molecule has 1 aromatic heterocycles. The fraction of sp³-hybridized carbons (Fsp3) is 0.308. The third-order valence-electron chi connectivity index (χ3n) is 2.59. The highest BCUT2D eigenvalue weighted by Crippen LogP contribution is 2.19. The lowest BCUT2D eigenvalue weighted by molar-refractivity contribution is 0.560. The molecule has 0 spiro atoms. The van der Waals surface area contributed by atoms with Gasteiger partial charge in [-0.1, -0.05) is 38.4 Å². The number of hydrogen-bond donors (Lipinski definition) is 1. The zero-order valence-corrected chi connectivity index (χ0v) is 10.9. The third-order valence-corrected chi connectivity index (χ3v) is 2.83. The number of aromatic nitrogens is 2. The van der Waals surface area contributed by atoms with Crippen LogP contribution in [0.1, 0.15) is 26.5 Å². The molecule has 0 bridgehead atoms. The highest BCUT2D eigenvalue weighted by atomic mass is 35.5. The van der Waals surface area contributed by atoms with Crippen molar-refractivity contribution < 1.29 is 0 Å². The van der Waals surface area contributed by atoms with Crippen molar-refractivity contribution in [1.29, 1.82) is 0 Å². The van der Waals surface area contributed by atoms with Crippen molar-refractivity contribution in [3.63, 3.8) is 0 Å². The summed E-state index contributed by atoms with van der Waals surface area (Å²) in [6.45, 7) is 6.17. The van der Waals surface area contributed by atoms with Crippen LogP contribution in [0.2, 0.25) is 5.02 Å². The summed E-state index contributed by atoms with van der Waals surface area (Å²) in [5.74, 6) is 0. The fourth-order valence-corrected chi connectivity index (χ4v) is 1.77. The number of halogens is 1. The van der Waals surface area contributed by atoms with E-state index in [1.807, 2.05) is 12.1 Å². The second-order valence-electron chi connectivity index (χ2n) is 5.07. The molecule has 2 aromatic rings. The van der Waals surface area contributed by atoms with Crippen molar-refractivity contribution in [2.45, 2.75) is 26.2 Å². The van der Waals surface area contributed by atoms with Gasteiger partial charge >= 0.3 is 0 Å². The average molecular weight is 251 g/mol. The summed E-state index contributed by atoms with van der Waals surface area (Å²) in [6, 6.07) is 8.83. The molecule has 0 fully saturated rings. The van der Waals surface area contributed by atoms with Crippen molar-refractivity contribution in [2.24, 2.45) is 0 Å². The molecule has 1 heterocycles. The zero-order chi connectivity index (χ0) is 12.6. The molecule has 0 saturated heterocycles. The van der Waals surface area contributed by atoms with Crippen LogP contribution in [0.25, 0.3) is 5.69 Å². The first-order chi connectivity index (χ1) is 7.88. The molecule has 0 saturated carbocycles. The van der Waals surface area contributed by atoms with E-state index in [-0.39, 0.29) is 11.0 Å². The minimum absolute atomic E-state index is 0.0720. The number of H-pyrrole nitrogens is 1. The Morgan fingerprint density at radius 1 is 1.24 bits per heavy atom. The summed E-state index contributed by atoms with van der Waals surface area (Å²) in [4.78, 5) is 11.9. The molecule has 0 aliphatic carbocycles. The lowest BCUT2D eigenvalue weighted by Crippen LogP contribution is -2.14. The maximum absolute atomic E-state index is 11.9. The zero-order valence-electron chi connectivity index (χ0n) is 10.1. The van der Waals surface area contributed by atoms with Crippen LogP contribution in [0.15, 0.2) is 35.1 Å². The molecule has 0 atom stereocenters. The average Bonchev–Trinajstić information content (AvgIpc) is 2.60. The highest BCUT2D eigenvalue weighted by molar-refractivity contribution is 6.30. The smallest absolute Gasteiger partial charge is 0.271 e. The molecular weight excluding hydrogens is 236 g/mol. The predicted octanol–water partition coefficient (Wildman–Crippen LogP) is 3.12. The normalized spacial score (nSPS) is 11.8. The van der Waals surface area contributed by atoms with E-state index in [4.69, 9.17) is 11.6 Å². The van der Waals surface area contributed by atoms with Crippen molar-refractivity contribution >= 4 is 11.6 Å². The van der Waals surface area contributed by atoms with Crippen molar-refractivity contribution in [1.82, 2.24) is 9.78 Å². The van der Waals surface area contributed by atoms with E-state index in [2.05, 4.69) is 25.9 Å². The molecule has 0 unspecified atom stereocenters. The number of nitrogens with zero attached hydrogens (tertiary/aromatic N) is 1. The number of nitrogens with one attached hydrogen (secondary N) is 1. The van der Waals surface area contributed by atoms with Crippen molar-refractivity contribution in [3.8, 4) is 5.69 Å². The molecule has 0 amide bonds. The molecule has 3 nitrogen and oxygen atoms in total. The Labute approximate surface area is 105 Å². The van der Waals surface area contributed by atoms with Crippen LogP contribution in [-0.4, -0.2) is 9.78 Å². The molecule has 17 heavy (non-hydrogen) atoms. The number of hydrogen-bond acceptors (Lipinski definition) is 1. The van der Waals surface area contributed by atoms with Crippen LogP contribution in [0, 0.1) is 0 Å². The van der Waals surface area contributed by atoms with E-state index in [9.17, 15) is 4.79 Å². The summed E-state index contributed by atoms with van der Waals surface area (Å²) in [5.41, 5.74) is 1.50. The van der Waals surface area contributed by atoms with Gasteiger partial charge in [0, 0.05) is 22.2 Å². The lowest BCUT2D eigenvalue weighted by atomic mass is 9.93. The topological polar surface area (TPSA) is 37.8 Å². The first-order valence-electron chi connectivity index (χ1n) is 5.46. The molecular formula is C13H15ClN2O. The van der Waals surface area contributed by atoms with Crippen LogP contribution in [-0.2, 0) is 5.41 Å². The van der Waals surface area contributed by atoms with Gasteiger partial charge in [-0.3, -0.25) is 9.89 Å². The molecule has 0 radical (unpaired) electrons. The van der Waals surface area contributed by atoms with Gasteiger partial charge in [-0.05, 0) is 18.2 Å². The van der Waals surface area contributed by atoms with Crippen LogP contribution in [0.3, 0.4) is 0 Å². The van der Waals surface area contributed by atoms with Gasteiger partial charge in [-0.25, -0.2) is 4.68 Å². The Morgan fingerprint density at radius 3 is 2.47 bits per heavy atom. The Kier molecular flexibility index (Phi) is 2.87. The monoisotopic (exact) mass is 250 g/mol. The van der Waals surface area contributed by atoms with Gasteiger partial charge in [0.2, 0.25) is 0 Å². The molecule has 1 aromatic carbocycles. The number of rotatable bonds is 1. The first kappa shape index (κ1) is 12.0. The van der Waals surface area contributed by atoms with Crippen LogP contribution in [0.4, 0.5) is 0 Å². The van der Waals surface area contributed by atoms with E-state index < -0.39 is 0 Å². The van der Waals surface area contributed by atoms with E-state index in [0.29, 0.717) is 5.02 Å². The van der Waals surface area contributed by atoms with Crippen molar-refractivity contribution in [2.75, 3.05) is 0 Å². The highest BCUT2D eigenvalue weighted by Gasteiger charge is 2.17. The van der Waals surface area contributed by atoms with Crippen LogP contribution >= 0.6 is 11.6 Å². The van der Waals surface area contributed by atoms with Gasteiger partial charge in [-0.15, -0.1) is 0 Å². The minimum Gasteiger partial charge on any atom is -0.294 e. The van der Waals surface area contributed by atoms with Gasteiger partial charge in [0.25, 0.3) is 5.56 Å². The quantitative estimate of drug-likeness (QED) is 0.830. The van der Waals surface area contributed by atoms with Crippen LogP contribution < -0.4 is 5.56 Å². The summed E-state index contributed by atoms with van der Waals surface area (Å²) < 4.78 is 1.51. The maximum Gasteiger partial charge on any atom is 0.271 e. The second kappa shape index (κ2) is 4.08. The molecule has 0 aliphatic heterocycles. The standard InChI is InChI=1S/C13H15ClN2O/c1-13(2,3)11-8-12(17)16(15-11)10-6-4-5-9(14)7-10/h4-8,15H,1-3H3. The Morgan fingerprint density at radius 2 is 1.94 bits per heavy atom. The van der Waals surface area contributed by atoms with Gasteiger partial charge in [0.05, 0.1) is 5.69 Å². The van der Waals surface area contributed by atoms with Gasteiger partial charge < -0.3 is 0 Å². The predicted molar refractivity (Wildman–Crippen MR) is 70.1 cm³/mol. The van der Waals surface area contributed by atoms with E-state index in [1.54, 1.807) is 18.2 Å².